The first-order chi connectivity index (χ1) is 32.3. The fourth-order valence-electron chi connectivity index (χ4n) is 8.37. The highest BCUT2D eigenvalue weighted by atomic mass is 16.6. The molecule has 0 aromatic heterocycles. The summed E-state index contributed by atoms with van der Waals surface area (Å²) in [5.74, 6) is -2.39. The number of benzene rings is 1. The molecule has 18 heteroatoms. The lowest BCUT2D eigenvalue weighted by Crippen LogP contribution is -2.61. The van der Waals surface area contributed by atoms with Crippen molar-refractivity contribution in [1.82, 2.24) is 36.4 Å². The number of carbonyl (C=O) groups is 6. The van der Waals surface area contributed by atoms with Crippen LogP contribution in [0, 0.1) is 17.8 Å². The number of aliphatic carboxylic acids is 1. The Bertz CT molecular complexity index is 1690. The fourth-order valence-corrected chi connectivity index (χ4v) is 8.37. The molecule has 5 amide bonds. The Morgan fingerprint density at radius 3 is 2.18 bits per heavy atom. The van der Waals surface area contributed by atoms with Crippen LogP contribution in [0.5, 0.6) is 0 Å². The largest absolute Gasteiger partial charge is 0.480 e. The number of amides is 5. The molecule has 0 saturated heterocycles. The third kappa shape index (κ3) is 22.7. The Morgan fingerprint density at radius 1 is 0.868 bits per heavy atom. The number of carboxylic acids is 1. The number of hydrogen-bond donors (Lipinski definition) is 7. The highest BCUT2D eigenvalue weighted by molar-refractivity contribution is 5.94. The summed E-state index contributed by atoms with van der Waals surface area (Å²) in [4.78, 5) is 84.2. The Labute approximate surface area is 405 Å². The van der Waals surface area contributed by atoms with Crippen LogP contribution in [0.1, 0.15) is 131 Å². The molecule has 0 heterocycles. The molecule has 0 spiro atoms. The zero-order valence-electron chi connectivity index (χ0n) is 42.3. The van der Waals surface area contributed by atoms with Crippen molar-refractivity contribution in [1.29, 1.82) is 0 Å². The molecule has 3 rings (SSSR count). The topological polar surface area (TPSA) is 243 Å². The highest BCUT2D eigenvalue weighted by Gasteiger charge is 2.40. The average molecular weight is 959 g/mol. The predicted molar refractivity (Wildman–Crippen MR) is 261 cm³/mol. The van der Waals surface area contributed by atoms with Gasteiger partial charge in [0.05, 0.1) is 19.2 Å². The Hall–Kier alpha value is -4.52. The predicted octanol–water partition coefficient (Wildman–Crippen LogP) is 4.93. The molecule has 0 bridgehead atoms. The molecule has 0 radical (unpaired) electrons. The summed E-state index contributed by atoms with van der Waals surface area (Å²) in [6, 6.07) is 4.82. The minimum absolute atomic E-state index is 0.0111. The number of carbonyl (C=O) groups excluding carboxylic acids is 5. The summed E-state index contributed by atoms with van der Waals surface area (Å²) in [5, 5.41) is 24.4. The van der Waals surface area contributed by atoms with E-state index in [-0.39, 0.29) is 36.4 Å². The quantitative estimate of drug-likeness (QED) is 0.0489. The first kappa shape index (κ1) is 57.8. The SMILES string of the molecule is CCCC[C@@H](C(=O)N(C)[C@@H](CC(C)C)C(=O)N[C@H](C(=O)N[C@@H](CNC(=O)OCc1ccccc1)C(=O)O)C1CCCCC1)N(CC1CC1)C[C@@H](C)NC[C@@H](N)COCCCNC(=O)OC(C)(C)C. The molecular weight excluding hydrogens is 873 g/mol. The monoisotopic (exact) mass is 959 g/mol. The van der Waals surface area contributed by atoms with Gasteiger partial charge in [0.25, 0.3) is 0 Å². The van der Waals surface area contributed by atoms with Crippen LogP contribution in [0.25, 0.3) is 0 Å². The van der Waals surface area contributed by atoms with Crippen molar-refractivity contribution in [2.24, 2.45) is 23.5 Å². The van der Waals surface area contributed by atoms with Crippen molar-refractivity contribution >= 4 is 35.9 Å². The van der Waals surface area contributed by atoms with E-state index in [0.29, 0.717) is 70.9 Å². The number of alkyl carbamates (subject to hydrolysis) is 2. The molecule has 0 aliphatic heterocycles. The summed E-state index contributed by atoms with van der Waals surface area (Å²) >= 11 is 0. The van der Waals surface area contributed by atoms with Crippen LogP contribution in [0.2, 0.25) is 0 Å². The number of carboxylic acid groups (broad SMARTS) is 1. The molecule has 6 atom stereocenters. The number of rotatable bonds is 31. The van der Waals surface area contributed by atoms with E-state index < -0.39 is 66.3 Å². The van der Waals surface area contributed by atoms with Gasteiger partial charge < -0.3 is 56.5 Å². The minimum Gasteiger partial charge on any atom is -0.480 e. The van der Waals surface area contributed by atoms with Gasteiger partial charge in [-0.1, -0.05) is 83.2 Å². The fraction of sp³-hybridized carbons (Fsp3) is 0.760. The normalized spacial score (nSPS) is 17.0. The van der Waals surface area contributed by atoms with Crippen molar-refractivity contribution in [3.63, 3.8) is 0 Å². The molecule has 1 aromatic rings. The standard InChI is InChI=1S/C50H86N8O10/c1-9-10-22-41(58(31-36-23-24-36)30-35(4)53-28-39(51)33-66-26-17-25-52-49(65)68-50(5,6)7)46(61)57(8)42(27-34(2)3)44(59)56-43(38-20-15-12-16-21-38)45(60)55-40(47(62)63)29-54-48(64)67-32-37-18-13-11-14-19-37/h11,13-14,18-19,34-36,38-43,53H,9-10,12,15-17,20-33,51H2,1-8H3,(H,52,65)(H,54,64)(H,55,60)(H,56,59)(H,62,63)/t35-,39-,40+,41+,42+,43+/m1/s1. The van der Waals surface area contributed by atoms with Gasteiger partial charge in [-0.25, -0.2) is 14.4 Å². The second kappa shape index (κ2) is 30.2. The molecule has 0 unspecified atom stereocenters. The van der Waals surface area contributed by atoms with Crippen LogP contribution < -0.4 is 32.3 Å². The maximum absolute atomic E-state index is 14.9. The van der Waals surface area contributed by atoms with Gasteiger partial charge in [0.1, 0.15) is 30.3 Å². The van der Waals surface area contributed by atoms with Crippen LogP contribution in [0.15, 0.2) is 30.3 Å². The van der Waals surface area contributed by atoms with E-state index in [2.05, 4.69) is 45.3 Å². The van der Waals surface area contributed by atoms with E-state index in [9.17, 15) is 33.9 Å². The van der Waals surface area contributed by atoms with E-state index in [1.165, 1.54) is 0 Å². The van der Waals surface area contributed by atoms with E-state index in [1.807, 2.05) is 52.8 Å². The van der Waals surface area contributed by atoms with Crippen molar-refractivity contribution in [2.75, 3.05) is 53.0 Å². The van der Waals surface area contributed by atoms with Gasteiger partial charge in [0.2, 0.25) is 17.7 Å². The second-order valence-corrected chi connectivity index (χ2v) is 20.3. The molecular formula is C50H86N8O10. The molecule has 8 N–H and O–H groups in total. The molecule has 2 aliphatic carbocycles. The van der Waals surface area contributed by atoms with E-state index in [0.717, 1.165) is 57.1 Å². The maximum atomic E-state index is 14.9. The summed E-state index contributed by atoms with van der Waals surface area (Å²) in [6.45, 7) is 16.2. The first-order valence-corrected chi connectivity index (χ1v) is 25.1. The Kier molecular flexibility index (Phi) is 25.6. The van der Waals surface area contributed by atoms with E-state index in [1.54, 1.807) is 24.1 Å². The number of ether oxygens (including phenoxy) is 3. The van der Waals surface area contributed by atoms with Crippen LogP contribution >= 0.6 is 0 Å². The molecule has 386 valence electrons. The number of nitrogens with one attached hydrogen (secondary N) is 5. The van der Waals surface area contributed by atoms with Crippen LogP contribution in [0.3, 0.4) is 0 Å². The van der Waals surface area contributed by atoms with Gasteiger partial charge in [-0.3, -0.25) is 19.3 Å². The van der Waals surface area contributed by atoms with Crippen LogP contribution in [0.4, 0.5) is 9.59 Å². The average Bonchev–Trinajstić information content (AvgIpc) is 4.12. The van der Waals surface area contributed by atoms with Gasteiger partial charge in [-0.2, -0.15) is 0 Å². The molecule has 1 aromatic carbocycles. The van der Waals surface area contributed by atoms with Crippen LogP contribution in [-0.2, 0) is 40.0 Å². The number of nitrogens with two attached hydrogens (primary N) is 1. The third-order valence-corrected chi connectivity index (χ3v) is 12.2. The Balaban J connectivity index is 1.68. The summed E-state index contributed by atoms with van der Waals surface area (Å²) in [6.07, 6.45) is 8.21. The van der Waals surface area contributed by atoms with Crippen LogP contribution in [-0.4, -0.2) is 146 Å². The van der Waals surface area contributed by atoms with Crippen molar-refractivity contribution in [3.05, 3.63) is 35.9 Å². The van der Waals surface area contributed by atoms with Gasteiger partial charge >= 0.3 is 18.2 Å². The van der Waals surface area contributed by atoms with E-state index >= 15 is 0 Å². The summed E-state index contributed by atoms with van der Waals surface area (Å²) in [5.41, 5.74) is 6.62. The van der Waals surface area contributed by atoms with Gasteiger partial charge in [-0.05, 0) is 96.0 Å². The molecule has 2 aliphatic rings. The number of hydrogen-bond acceptors (Lipinski definition) is 12. The smallest absolute Gasteiger partial charge is 0.407 e. The lowest BCUT2D eigenvalue weighted by Gasteiger charge is -2.39. The zero-order chi connectivity index (χ0) is 50.2. The second-order valence-electron chi connectivity index (χ2n) is 20.3. The van der Waals surface area contributed by atoms with Gasteiger partial charge in [0.15, 0.2) is 0 Å². The molecule has 2 saturated carbocycles. The molecule has 68 heavy (non-hydrogen) atoms. The summed E-state index contributed by atoms with van der Waals surface area (Å²) in [7, 11) is 1.68. The lowest BCUT2D eigenvalue weighted by atomic mass is 9.83. The Morgan fingerprint density at radius 2 is 1.56 bits per heavy atom. The third-order valence-electron chi connectivity index (χ3n) is 12.2. The minimum atomic E-state index is -1.49. The number of nitrogens with zero attached hydrogens (tertiary/aromatic N) is 2. The van der Waals surface area contributed by atoms with E-state index in [4.69, 9.17) is 19.9 Å². The highest BCUT2D eigenvalue weighted by Crippen LogP contribution is 2.32. The molecule has 18 nitrogen and oxygen atoms in total. The van der Waals surface area contributed by atoms with Crippen molar-refractivity contribution in [3.8, 4) is 0 Å². The van der Waals surface area contributed by atoms with Gasteiger partial charge in [-0.15, -0.1) is 0 Å². The number of unbranched alkanes of at least 4 members (excludes halogenated alkanes) is 1. The van der Waals surface area contributed by atoms with Crippen molar-refractivity contribution in [2.45, 2.75) is 174 Å². The number of likely N-dealkylation sites (N-methyl/N-ethyl adjacent to an activating group) is 1. The summed E-state index contributed by atoms with van der Waals surface area (Å²) < 4.78 is 16.3. The van der Waals surface area contributed by atoms with Crippen molar-refractivity contribution < 1.29 is 48.1 Å². The van der Waals surface area contributed by atoms with Gasteiger partial charge in [0, 0.05) is 51.9 Å². The lowest BCUT2D eigenvalue weighted by molar-refractivity contribution is -0.146. The maximum Gasteiger partial charge on any atom is 0.407 e. The molecule has 2 fully saturated rings. The zero-order valence-corrected chi connectivity index (χ0v) is 42.3. The first-order valence-electron chi connectivity index (χ1n) is 25.1.